The fraction of sp³-hybridized carbons (Fsp3) is 0.333. The van der Waals surface area contributed by atoms with Gasteiger partial charge in [-0.2, -0.15) is 0 Å². The Kier molecular flexibility index (Phi) is 4.86. The minimum Gasteiger partial charge on any atom is -0.454 e. The largest absolute Gasteiger partial charge is 0.454 e. The molecule has 0 aromatic heterocycles. The van der Waals surface area contributed by atoms with Crippen LogP contribution in [-0.2, 0) is 4.74 Å². The Balaban J connectivity index is 1.28. The van der Waals surface area contributed by atoms with Gasteiger partial charge in [0.15, 0.2) is 12.4 Å². The Hall–Kier alpha value is -3.74. The standard InChI is InChI=1S/C27H24N2O5/c30-24(16-7-9-19(10-8-16)29(32)33)15-34-27(31)23-12-11-22-20-5-1-3-17(20)13-28-14-18-4-2-6-21(18)25(23)26(22)28/h1-2,5-12,17-18,20-21H,3-4,13-15H2/t17-,18-,20+,21-/m1/s1. The van der Waals surface area contributed by atoms with Gasteiger partial charge in [-0.15, -0.1) is 0 Å². The summed E-state index contributed by atoms with van der Waals surface area (Å²) >= 11 is 0. The molecule has 2 aliphatic carbocycles. The molecule has 2 aromatic carbocycles. The zero-order valence-corrected chi connectivity index (χ0v) is 18.6. The Bertz CT molecular complexity index is 1260. The maximum atomic E-state index is 13.2. The molecule has 0 fully saturated rings. The predicted molar refractivity (Wildman–Crippen MR) is 126 cm³/mol. The molecule has 4 aliphatic rings. The van der Waals surface area contributed by atoms with Gasteiger partial charge < -0.3 is 9.64 Å². The van der Waals surface area contributed by atoms with Crippen LogP contribution < -0.4 is 4.90 Å². The molecule has 0 radical (unpaired) electrons. The van der Waals surface area contributed by atoms with E-state index in [9.17, 15) is 19.7 Å². The van der Waals surface area contributed by atoms with Crippen LogP contribution in [0.15, 0.2) is 60.7 Å². The van der Waals surface area contributed by atoms with Crippen molar-refractivity contribution in [2.45, 2.75) is 24.7 Å². The number of hydrogen-bond donors (Lipinski definition) is 0. The Morgan fingerprint density at radius 1 is 0.971 bits per heavy atom. The number of carbonyl (C=O) groups excluding carboxylic acids is 2. The molecule has 0 unspecified atom stereocenters. The molecule has 0 saturated carbocycles. The summed E-state index contributed by atoms with van der Waals surface area (Å²) in [6.07, 6.45) is 11.1. The first-order valence-corrected chi connectivity index (χ1v) is 11.7. The molecule has 2 heterocycles. The molecular weight excluding hydrogens is 432 g/mol. The average Bonchev–Trinajstić information content (AvgIpc) is 3.52. The molecule has 0 saturated heterocycles. The summed E-state index contributed by atoms with van der Waals surface area (Å²) < 4.78 is 5.47. The minimum absolute atomic E-state index is 0.0928. The van der Waals surface area contributed by atoms with Crippen LogP contribution >= 0.6 is 0 Å². The van der Waals surface area contributed by atoms with Crippen LogP contribution in [0, 0.1) is 22.0 Å². The summed E-state index contributed by atoms with van der Waals surface area (Å²) in [6, 6.07) is 9.24. The molecule has 34 heavy (non-hydrogen) atoms. The number of carbonyl (C=O) groups is 2. The van der Waals surface area contributed by atoms with Crippen LogP contribution in [0.5, 0.6) is 0 Å². The maximum Gasteiger partial charge on any atom is 0.338 e. The van der Waals surface area contributed by atoms with Gasteiger partial charge in [0.05, 0.1) is 10.5 Å². The smallest absolute Gasteiger partial charge is 0.338 e. The summed E-state index contributed by atoms with van der Waals surface area (Å²) in [5, 5.41) is 10.8. The molecule has 7 heteroatoms. The number of rotatable bonds is 5. The number of nitrogens with zero attached hydrogens (tertiary/aromatic N) is 2. The van der Waals surface area contributed by atoms with E-state index in [2.05, 4.69) is 35.3 Å². The van der Waals surface area contributed by atoms with Crippen LogP contribution in [0.25, 0.3) is 0 Å². The average molecular weight is 456 g/mol. The number of anilines is 1. The van der Waals surface area contributed by atoms with Gasteiger partial charge in [0.2, 0.25) is 0 Å². The highest BCUT2D eigenvalue weighted by Crippen LogP contribution is 2.53. The lowest BCUT2D eigenvalue weighted by atomic mass is 9.73. The van der Waals surface area contributed by atoms with E-state index in [4.69, 9.17) is 4.74 Å². The monoisotopic (exact) mass is 456 g/mol. The topological polar surface area (TPSA) is 89.8 Å². The van der Waals surface area contributed by atoms with Crippen LogP contribution in [0.1, 0.15) is 56.5 Å². The number of fused-ring (bicyclic) bond motifs is 4. The summed E-state index contributed by atoms with van der Waals surface area (Å²) in [5.74, 6) is 0.708. The third-order valence-electron chi connectivity index (χ3n) is 7.70. The first-order chi connectivity index (χ1) is 16.5. The minimum atomic E-state index is -0.520. The first kappa shape index (κ1) is 20.8. The van der Waals surface area contributed by atoms with Crippen molar-refractivity contribution in [3.05, 3.63) is 93.1 Å². The van der Waals surface area contributed by atoms with Crippen LogP contribution in [0.4, 0.5) is 11.4 Å². The lowest BCUT2D eigenvalue weighted by molar-refractivity contribution is -0.384. The van der Waals surface area contributed by atoms with E-state index in [1.54, 1.807) is 0 Å². The molecule has 0 amide bonds. The number of Topliss-reactive ketones (excluding diaryl/α,β-unsaturated/α-hetero) is 1. The number of hydrogen-bond acceptors (Lipinski definition) is 6. The van der Waals surface area contributed by atoms with E-state index < -0.39 is 23.3 Å². The van der Waals surface area contributed by atoms with Gasteiger partial charge in [-0.25, -0.2) is 4.79 Å². The van der Waals surface area contributed by atoms with Crippen molar-refractivity contribution in [2.75, 3.05) is 24.6 Å². The second-order valence-corrected chi connectivity index (χ2v) is 9.57. The molecule has 0 N–H and O–H groups in total. The van der Waals surface area contributed by atoms with Crippen LogP contribution in [-0.4, -0.2) is 36.4 Å². The predicted octanol–water partition coefficient (Wildman–Crippen LogP) is 4.79. The Labute approximate surface area is 196 Å². The van der Waals surface area contributed by atoms with Crippen LogP contribution in [0.3, 0.4) is 0 Å². The maximum absolute atomic E-state index is 13.2. The molecule has 4 atom stereocenters. The van der Waals surface area contributed by atoms with Crippen molar-refractivity contribution in [3.63, 3.8) is 0 Å². The van der Waals surface area contributed by atoms with Crippen molar-refractivity contribution in [1.29, 1.82) is 0 Å². The SMILES string of the molecule is O=C(COC(=O)c1ccc2c3c1[C@@H]1C=CC[C@@H]1CN3C[C@H]1CC=C[C@H]21)c1ccc([N+](=O)[O-])cc1. The number of ketones is 1. The zero-order valence-electron chi connectivity index (χ0n) is 18.6. The van der Waals surface area contributed by atoms with Gasteiger partial charge in [-0.1, -0.05) is 30.4 Å². The molecule has 0 spiro atoms. The third-order valence-corrected chi connectivity index (χ3v) is 7.70. The second kappa shape index (κ2) is 7.94. The fourth-order valence-electron chi connectivity index (χ4n) is 6.12. The van der Waals surface area contributed by atoms with Gasteiger partial charge in [0.1, 0.15) is 0 Å². The molecule has 2 aromatic rings. The van der Waals surface area contributed by atoms with Crippen LogP contribution in [0.2, 0.25) is 0 Å². The number of ether oxygens (including phenoxy) is 1. The van der Waals surface area contributed by atoms with Gasteiger partial charge in [0, 0.05) is 48.3 Å². The number of benzene rings is 2. The lowest BCUT2D eigenvalue weighted by Gasteiger charge is -2.46. The number of allylic oxidation sites excluding steroid dienone is 4. The highest BCUT2D eigenvalue weighted by atomic mass is 16.6. The number of non-ortho nitro benzene ring substituents is 1. The van der Waals surface area contributed by atoms with E-state index in [0.717, 1.165) is 31.5 Å². The van der Waals surface area contributed by atoms with E-state index in [0.29, 0.717) is 23.3 Å². The Morgan fingerprint density at radius 2 is 1.65 bits per heavy atom. The highest BCUT2D eigenvalue weighted by molar-refractivity contribution is 6.00. The quantitative estimate of drug-likeness (QED) is 0.211. The molecule has 6 rings (SSSR count). The molecular formula is C27H24N2O5. The summed E-state index contributed by atoms with van der Waals surface area (Å²) in [6.45, 7) is 1.59. The molecule has 0 bridgehead atoms. The van der Waals surface area contributed by atoms with Gasteiger partial charge >= 0.3 is 5.97 Å². The van der Waals surface area contributed by atoms with E-state index in [1.807, 2.05) is 6.07 Å². The van der Waals surface area contributed by atoms with E-state index in [1.165, 1.54) is 35.5 Å². The van der Waals surface area contributed by atoms with Gasteiger partial charge in [-0.3, -0.25) is 14.9 Å². The third kappa shape index (κ3) is 3.26. The second-order valence-electron chi connectivity index (χ2n) is 9.57. The van der Waals surface area contributed by atoms with E-state index >= 15 is 0 Å². The number of nitro benzene ring substituents is 1. The lowest BCUT2D eigenvalue weighted by Crippen LogP contribution is -2.44. The van der Waals surface area contributed by atoms with E-state index in [-0.39, 0.29) is 17.2 Å². The molecule has 172 valence electrons. The Morgan fingerprint density at radius 3 is 2.35 bits per heavy atom. The van der Waals surface area contributed by atoms with Crippen molar-refractivity contribution >= 4 is 23.1 Å². The van der Waals surface area contributed by atoms with Crippen molar-refractivity contribution in [1.82, 2.24) is 0 Å². The van der Waals surface area contributed by atoms with Gasteiger partial charge in [0.25, 0.3) is 5.69 Å². The van der Waals surface area contributed by atoms with Crippen molar-refractivity contribution in [3.8, 4) is 0 Å². The summed E-state index contributed by atoms with van der Waals surface area (Å²) in [7, 11) is 0. The molecule has 7 nitrogen and oxygen atoms in total. The number of esters is 1. The number of nitro groups is 1. The molecule has 2 aliphatic heterocycles. The normalized spacial score (nSPS) is 25.5. The summed E-state index contributed by atoms with van der Waals surface area (Å²) in [5.41, 5.74) is 4.21. The van der Waals surface area contributed by atoms with Crippen molar-refractivity contribution < 1.29 is 19.2 Å². The highest BCUT2D eigenvalue weighted by Gasteiger charge is 2.44. The zero-order chi connectivity index (χ0) is 23.4. The fourth-order valence-corrected chi connectivity index (χ4v) is 6.12. The summed E-state index contributed by atoms with van der Waals surface area (Å²) in [4.78, 5) is 38.5. The van der Waals surface area contributed by atoms with Crippen molar-refractivity contribution in [2.24, 2.45) is 11.8 Å². The van der Waals surface area contributed by atoms with Gasteiger partial charge in [-0.05, 0) is 54.0 Å². The first-order valence-electron chi connectivity index (χ1n) is 11.7.